The number of furan rings is 1. The van der Waals surface area contributed by atoms with Crippen LogP contribution in [0.4, 0.5) is 24.5 Å². The van der Waals surface area contributed by atoms with Crippen molar-refractivity contribution >= 4 is 39.1 Å². The number of hydrogen-bond donors (Lipinski definition) is 2. The van der Waals surface area contributed by atoms with Gasteiger partial charge in [-0.25, -0.2) is 12.8 Å². The van der Waals surface area contributed by atoms with E-state index < -0.39 is 51.4 Å². The average molecular weight is 560 g/mol. The van der Waals surface area contributed by atoms with Crippen molar-refractivity contribution in [1.82, 2.24) is 5.32 Å². The summed E-state index contributed by atoms with van der Waals surface area (Å²) >= 11 is 0. The van der Waals surface area contributed by atoms with Gasteiger partial charge < -0.3 is 9.73 Å². The van der Waals surface area contributed by atoms with E-state index in [0.29, 0.717) is 28.6 Å². The Morgan fingerprint density at radius 1 is 1.10 bits per heavy atom. The summed E-state index contributed by atoms with van der Waals surface area (Å²) in [6, 6.07) is 9.84. The van der Waals surface area contributed by atoms with Crippen LogP contribution in [0, 0.1) is 27.6 Å². The number of benzene rings is 3. The molecule has 0 saturated heterocycles. The number of nitrogens with zero attached hydrogens (tertiary/aromatic N) is 2. The number of halogens is 3. The van der Waals surface area contributed by atoms with E-state index in [0.717, 1.165) is 17.1 Å². The van der Waals surface area contributed by atoms with Crippen molar-refractivity contribution in [1.29, 1.82) is 0 Å². The predicted octanol–water partition coefficient (Wildman–Crippen LogP) is 5.20. The molecule has 4 aromatic rings. The van der Waals surface area contributed by atoms with Gasteiger partial charge in [-0.15, -0.1) is 0 Å². The first-order chi connectivity index (χ1) is 18.6. The lowest BCUT2D eigenvalue weighted by molar-refractivity contribution is -0.390. The van der Waals surface area contributed by atoms with Crippen LogP contribution in [0.15, 0.2) is 52.9 Å². The van der Waals surface area contributed by atoms with E-state index in [1.165, 1.54) is 37.4 Å². The van der Waals surface area contributed by atoms with Gasteiger partial charge in [0.15, 0.2) is 0 Å². The molecule has 9 nitrogen and oxygen atoms in total. The minimum atomic E-state index is -3.34. The molecule has 1 aliphatic rings. The maximum absolute atomic E-state index is 14.3. The van der Waals surface area contributed by atoms with E-state index in [1.807, 2.05) is 0 Å². The third-order valence-electron chi connectivity index (χ3n) is 6.48. The van der Waals surface area contributed by atoms with Crippen molar-refractivity contribution in [2.45, 2.75) is 25.3 Å². The molecule has 1 saturated carbocycles. The van der Waals surface area contributed by atoms with Gasteiger partial charge in [-0.3, -0.25) is 19.2 Å². The minimum Gasteiger partial charge on any atom is -0.455 e. The second-order valence-corrected chi connectivity index (χ2v) is 9.99. The number of carbonyl (C=O) groups excluding carboxylic acids is 1. The van der Waals surface area contributed by atoms with Crippen molar-refractivity contribution in [3.05, 3.63) is 92.8 Å². The second kappa shape index (κ2) is 10.1. The third kappa shape index (κ3) is 4.92. The summed E-state index contributed by atoms with van der Waals surface area (Å²) in [5.41, 5.74) is 0.0608. The molecule has 39 heavy (non-hydrogen) atoms. The van der Waals surface area contributed by atoms with Crippen LogP contribution in [-0.4, -0.2) is 26.3 Å². The lowest BCUT2D eigenvalue weighted by Crippen LogP contribution is -2.22. The highest BCUT2D eigenvalue weighted by molar-refractivity contribution is 7.74. The van der Waals surface area contributed by atoms with E-state index in [2.05, 4.69) is 5.32 Å². The zero-order chi connectivity index (χ0) is 28.0. The number of hydrogen-bond acceptors (Lipinski definition) is 6. The number of nitro groups is 1. The average Bonchev–Trinajstić information content (AvgIpc) is 3.66. The summed E-state index contributed by atoms with van der Waals surface area (Å²) in [5, 5.41) is 13.9. The van der Waals surface area contributed by atoms with Gasteiger partial charge in [0.25, 0.3) is 5.91 Å². The molecule has 1 heterocycles. The molecule has 0 aliphatic heterocycles. The van der Waals surface area contributed by atoms with Crippen LogP contribution in [0.3, 0.4) is 0 Å². The molecule has 0 radical (unpaired) electrons. The quantitative estimate of drug-likeness (QED) is 0.174. The van der Waals surface area contributed by atoms with Crippen molar-refractivity contribution in [2.24, 2.45) is 0 Å². The Hall–Kier alpha value is -4.39. The molecule has 1 N–H and O–H groups in total. The first-order valence-electron chi connectivity index (χ1n) is 11.7. The Morgan fingerprint density at radius 3 is 2.28 bits per heavy atom. The van der Waals surface area contributed by atoms with Crippen molar-refractivity contribution in [3.63, 3.8) is 0 Å². The highest BCUT2D eigenvalue weighted by Gasteiger charge is 2.32. The fraction of sp³-hybridized carbons (Fsp3) is 0.192. The maximum Gasteiger partial charge on any atom is 0.340 e. The number of thiol groups is 1. The van der Waals surface area contributed by atoms with E-state index in [1.54, 1.807) is 6.07 Å². The Balaban J connectivity index is 1.67. The van der Waals surface area contributed by atoms with Crippen LogP contribution in [0.1, 0.15) is 40.2 Å². The van der Waals surface area contributed by atoms with E-state index in [-0.39, 0.29) is 34.1 Å². The maximum atomic E-state index is 14.3. The predicted molar refractivity (Wildman–Crippen MR) is 136 cm³/mol. The molecule has 202 valence electrons. The van der Waals surface area contributed by atoms with E-state index >= 15 is 0 Å². The lowest BCUT2D eigenvalue weighted by Gasteiger charge is -2.21. The zero-order valence-electron chi connectivity index (χ0n) is 20.2. The minimum absolute atomic E-state index is 0.0334. The van der Waals surface area contributed by atoms with Gasteiger partial charge >= 0.3 is 5.69 Å². The number of fused-ring (bicyclic) bond motifs is 1. The topological polar surface area (TPSA) is 123 Å². The number of nitro benzene ring substituents is 1. The molecule has 1 fully saturated rings. The third-order valence-corrected chi connectivity index (χ3v) is 7.23. The van der Waals surface area contributed by atoms with Crippen LogP contribution >= 0.6 is 0 Å². The molecule has 13 heteroatoms. The molecule has 0 unspecified atom stereocenters. The number of carbonyl (C=O) groups is 1. The summed E-state index contributed by atoms with van der Waals surface area (Å²) < 4.78 is 73.8. The summed E-state index contributed by atoms with van der Waals surface area (Å²) in [4.78, 5) is 22.6. The fourth-order valence-corrected chi connectivity index (χ4v) is 5.16. The van der Waals surface area contributed by atoms with Crippen LogP contribution in [-0.2, 0) is 17.4 Å². The lowest BCUT2D eigenvalue weighted by atomic mass is 10.00. The molecular formula is C26H20F3N3O6S. The van der Waals surface area contributed by atoms with Crippen LogP contribution in [0.5, 0.6) is 0 Å². The largest absolute Gasteiger partial charge is 0.455 e. The first kappa shape index (κ1) is 26.2. The summed E-state index contributed by atoms with van der Waals surface area (Å²) in [7, 11) is -1.90. The fourth-order valence-electron chi connectivity index (χ4n) is 4.54. The number of rotatable bonds is 8. The highest BCUT2D eigenvalue weighted by Crippen LogP contribution is 2.48. The van der Waals surface area contributed by atoms with Gasteiger partial charge in [0.1, 0.15) is 17.2 Å². The standard InChI is InChI=1S/C26H20F3N3O6S/c1-30-26(33)23-18-10-17(14-2-3-14)21(11-22(18)38-25(23)15-4-6-16(27)7-5-15)31(39(36)37)12-13-8-19(28)24(32(34)35)20(29)9-13/h4-11,14,39H,2-3,12H2,1H3,(H,30,33). The van der Waals surface area contributed by atoms with Gasteiger partial charge in [0, 0.05) is 24.1 Å². The van der Waals surface area contributed by atoms with E-state index in [9.17, 15) is 36.5 Å². The monoisotopic (exact) mass is 559 g/mol. The Bertz CT molecular complexity index is 1680. The highest BCUT2D eigenvalue weighted by atomic mass is 32.2. The van der Waals surface area contributed by atoms with Crippen molar-refractivity contribution in [2.75, 3.05) is 11.4 Å². The van der Waals surface area contributed by atoms with Gasteiger partial charge in [0.2, 0.25) is 22.5 Å². The van der Waals surface area contributed by atoms with Crippen LogP contribution in [0.2, 0.25) is 0 Å². The smallest absolute Gasteiger partial charge is 0.340 e. The summed E-state index contributed by atoms with van der Waals surface area (Å²) in [5.74, 6) is -3.69. The van der Waals surface area contributed by atoms with Gasteiger partial charge in [-0.1, -0.05) is 0 Å². The van der Waals surface area contributed by atoms with Crippen molar-refractivity contribution in [3.8, 4) is 11.3 Å². The molecule has 3 aromatic carbocycles. The Labute approximate surface area is 221 Å². The molecular weight excluding hydrogens is 539 g/mol. The summed E-state index contributed by atoms with van der Waals surface area (Å²) in [6.07, 6.45) is 1.50. The number of anilines is 1. The number of nitrogens with one attached hydrogen (secondary N) is 1. The Kier molecular flexibility index (Phi) is 6.76. The first-order valence-corrected chi connectivity index (χ1v) is 12.8. The van der Waals surface area contributed by atoms with Crippen molar-refractivity contribution < 1.29 is 35.7 Å². The molecule has 1 amide bonds. The second-order valence-electron chi connectivity index (χ2n) is 9.03. The van der Waals surface area contributed by atoms with Crippen LogP contribution < -0.4 is 9.62 Å². The molecule has 0 bridgehead atoms. The van der Waals surface area contributed by atoms with Crippen LogP contribution in [0.25, 0.3) is 22.3 Å². The van der Waals surface area contributed by atoms with Gasteiger partial charge in [-0.2, -0.15) is 8.78 Å². The van der Waals surface area contributed by atoms with Gasteiger partial charge in [0.05, 0.1) is 22.7 Å². The summed E-state index contributed by atoms with van der Waals surface area (Å²) in [6.45, 7) is -0.510. The number of amides is 1. The zero-order valence-corrected chi connectivity index (χ0v) is 21.1. The molecule has 1 aliphatic carbocycles. The van der Waals surface area contributed by atoms with E-state index in [4.69, 9.17) is 4.42 Å². The molecule has 0 spiro atoms. The normalized spacial score (nSPS) is 13.2. The molecule has 0 atom stereocenters. The molecule has 5 rings (SSSR count). The molecule has 1 aromatic heterocycles. The van der Waals surface area contributed by atoms with Gasteiger partial charge in [-0.05, 0) is 72.4 Å². The SMILES string of the molecule is CNC(=O)c1c(-c2ccc(F)cc2)oc2cc(N(Cc3cc(F)c([N+](=O)[O-])c(F)c3)[SH](=O)=O)c(C3CC3)cc12. The Morgan fingerprint density at radius 2 is 1.74 bits per heavy atom.